The summed E-state index contributed by atoms with van der Waals surface area (Å²) in [6.07, 6.45) is 1.12. The Balaban J connectivity index is 2.69. The molecule has 20 heavy (non-hydrogen) atoms. The molecule has 0 aliphatic carbocycles. The highest BCUT2D eigenvalue weighted by Crippen LogP contribution is 2.16. The van der Waals surface area contributed by atoms with Crippen molar-refractivity contribution in [3.63, 3.8) is 0 Å². The van der Waals surface area contributed by atoms with Crippen LogP contribution in [-0.2, 0) is 14.3 Å². The zero-order valence-corrected chi connectivity index (χ0v) is 13.4. The Morgan fingerprint density at radius 2 is 2.05 bits per heavy atom. The number of nitrogens with one attached hydrogen (secondary N) is 2. The second-order valence-corrected chi connectivity index (χ2v) is 7.05. The molecule has 5 heteroatoms. The van der Waals surface area contributed by atoms with E-state index < -0.39 is 5.60 Å². The molecule has 1 saturated heterocycles. The van der Waals surface area contributed by atoms with Gasteiger partial charge in [-0.05, 0) is 40.0 Å². The molecule has 0 aromatic rings. The van der Waals surface area contributed by atoms with E-state index in [-0.39, 0.29) is 30.0 Å². The van der Waals surface area contributed by atoms with Gasteiger partial charge in [-0.3, -0.25) is 14.9 Å². The van der Waals surface area contributed by atoms with E-state index in [0.717, 1.165) is 0 Å². The summed E-state index contributed by atoms with van der Waals surface area (Å²) in [5.74, 6) is 0.167. The lowest BCUT2D eigenvalue weighted by atomic mass is 10.0. The minimum absolute atomic E-state index is 0.0150. The molecule has 1 aliphatic rings. The maximum absolute atomic E-state index is 12.3. The van der Waals surface area contributed by atoms with Gasteiger partial charge in [0.2, 0.25) is 5.91 Å². The van der Waals surface area contributed by atoms with Crippen LogP contribution in [0.25, 0.3) is 0 Å². The van der Waals surface area contributed by atoms with Gasteiger partial charge in [-0.25, -0.2) is 0 Å². The highest BCUT2D eigenvalue weighted by molar-refractivity contribution is 5.80. The maximum Gasteiger partial charge on any atom is 0.323 e. The van der Waals surface area contributed by atoms with E-state index in [1.807, 2.05) is 27.7 Å². The van der Waals surface area contributed by atoms with Crippen LogP contribution in [0.4, 0.5) is 0 Å². The predicted molar refractivity (Wildman–Crippen MR) is 78.2 cm³/mol. The van der Waals surface area contributed by atoms with Crippen molar-refractivity contribution in [2.45, 2.75) is 78.1 Å². The smallest absolute Gasteiger partial charge is 0.323 e. The number of rotatable bonds is 5. The van der Waals surface area contributed by atoms with Crippen LogP contribution in [-0.4, -0.2) is 35.6 Å². The number of carbonyl (C=O) groups excluding carboxylic acids is 2. The molecule has 0 spiro atoms. The fraction of sp³-hybridized carbons (Fsp3) is 0.867. The van der Waals surface area contributed by atoms with Crippen molar-refractivity contribution in [2.24, 2.45) is 5.92 Å². The van der Waals surface area contributed by atoms with Crippen molar-refractivity contribution in [3.8, 4) is 0 Å². The molecule has 0 bridgehead atoms. The molecule has 1 unspecified atom stereocenters. The summed E-state index contributed by atoms with van der Waals surface area (Å²) in [7, 11) is 0. The Morgan fingerprint density at radius 1 is 1.45 bits per heavy atom. The molecule has 0 saturated carbocycles. The van der Waals surface area contributed by atoms with Crippen LogP contribution < -0.4 is 10.6 Å². The van der Waals surface area contributed by atoms with Gasteiger partial charge in [0.15, 0.2) is 0 Å². The van der Waals surface area contributed by atoms with E-state index in [2.05, 4.69) is 24.5 Å². The van der Waals surface area contributed by atoms with Gasteiger partial charge in [0.1, 0.15) is 11.6 Å². The van der Waals surface area contributed by atoms with Gasteiger partial charge < -0.3 is 10.1 Å². The van der Waals surface area contributed by atoms with Crippen molar-refractivity contribution in [1.82, 2.24) is 10.6 Å². The van der Waals surface area contributed by atoms with E-state index in [0.29, 0.717) is 18.8 Å². The first kappa shape index (κ1) is 17.0. The van der Waals surface area contributed by atoms with Gasteiger partial charge >= 0.3 is 5.97 Å². The lowest BCUT2D eigenvalue weighted by Gasteiger charge is -2.28. The molecule has 0 aromatic heterocycles. The maximum atomic E-state index is 12.3. The summed E-state index contributed by atoms with van der Waals surface area (Å²) in [5.41, 5.74) is -0.497. The van der Waals surface area contributed by atoms with Crippen LogP contribution in [0.2, 0.25) is 0 Å². The monoisotopic (exact) mass is 284 g/mol. The quantitative estimate of drug-likeness (QED) is 0.753. The molecule has 1 heterocycles. The van der Waals surface area contributed by atoms with Crippen LogP contribution in [0.5, 0.6) is 0 Å². The Labute approximate surface area is 121 Å². The number of hydrogen-bond acceptors (Lipinski definition) is 4. The molecule has 1 fully saturated rings. The minimum atomic E-state index is -0.497. The van der Waals surface area contributed by atoms with Crippen LogP contribution in [0.15, 0.2) is 0 Å². The van der Waals surface area contributed by atoms with Crippen LogP contribution in [0.3, 0.4) is 0 Å². The van der Waals surface area contributed by atoms with E-state index in [9.17, 15) is 9.59 Å². The minimum Gasteiger partial charge on any atom is -0.459 e. The topological polar surface area (TPSA) is 67.4 Å². The summed E-state index contributed by atoms with van der Waals surface area (Å²) < 4.78 is 5.47. The van der Waals surface area contributed by atoms with Gasteiger partial charge in [0, 0.05) is 18.5 Å². The molecule has 0 radical (unpaired) electrons. The first-order valence-corrected chi connectivity index (χ1v) is 7.36. The van der Waals surface area contributed by atoms with E-state index in [1.165, 1.54) is 0 Å². The largest absolute Gasteiger partial charge is 0.459 e. The van der Waals surface area contributed by atoms with Crippen LogP contribution in [0, 0.1) is 5.92 Å². The first-order chi connectivity index (χ1) is 9.08. The molecular weight excluding hydrogens is 256 g/mol. The summed E-state index contributed by atoms with van der Waals surface area (Å²) in [6.45, 7) is 11.7. The average Bonchev–Trinajstić information content (AvgIpc) is 2.53. The molecule has 5 nitrogen and oxygen atoms in total. The van der Waals surface area contributed by atoms with Gasteiger partial charge in [-0.15, -0.1) is 0 Å². The molecule has 116 valence electrons. The fourth-order valence-corrected chi connectivity index (χ4v) is 2.33. The number of ether oxygens (including phenoxy) is 1. The van der Waals surface area contributed by atoms with Crippen LogP contribution in [0.1, 0.15) is 54.4 Å². The zero-order valence-electron chi connectivity index (χ0n) is 13.4. The van der Waals surface area contributed by atoms with Gasteiger partial charge in [0.05, 0.1) is 0 Å². The molecule has 1 amide bonds. The second kappa shape index (κ2) is 6.57. The number of amides is 1. The van der Waals surface area contributed by atoms with Gasteiger partial charge in [-0.1, -0.05) is 13.8 Å². The van der Waals surface area contributed by atoms with Gasteiger partial charge in [-0.2, -0.15) is 0 Å². The molecule has 1 rings (SSSR count). The van der Waals surface area contributed by atoms with Crippen molar-refractivity contribution >= 4 is 11.9 Å². The van der Waals surface area contributed by atoms with Gasteiger partial charge in [0.25, 0.3) is 0 Å². The third-order valence-electron chi connectivity index (χ3n) is 3.21. The lowest BCUT2D eigenvalue weighted by Crippen LogP contribution is -2.49. The summed E-state index contributed by atoms with van der Waals surface area (Å²) >= 11 is 0. The molecule has 1 aliphatic heterocycles. The third kappa shape index (κ3) is 5.49. The van der Waals surface area contributed by atoms with Crippen molar-refractivity contribution in [3.05, 3.63) is 0 Å². The fourth-order valence-electron chi connectivity index (χ4n) is 2.33. The highest BCUT2D eigenvalue weighted by atomic mass is 16.6. The summed E-state index contributed by atoms with van der Waals surface area (Å²) in [5, 5.41) is 6.15. The Morgan fingerprint density at radius 3 is 2.45 bits per heavy atom. The Hall–Kier alpha value is -1.10. The van der Waals surface area contributed by atoms with Crippen molar-refractivity contribution < 1.29 is 14.3 Å². The van der Waals surface area contributed by atoms with E-state index in [1.54, 1.807) is 0 Å². The number of esters is 1. The number of hydrogen-bond donors (Lipinski definition) is 2. The molecule has 2 N–H and O–H groups in total. The normalized spacial score (nSPS) is 24.6. The predicted octanol–water partition coefficient (Wildman–Crippen LogP) is 1.61. The molecule has 3 atom stereocenters. The van der Waals surface area contributed by atoms with E-state index in [4.69, 9.17) is 4.74 Å². The standard InChI is InChI=1S/C15H28N2O3/c1-9(2)7-12(14(19)20-15(4,5)6)17-11-8-13(18)16-10(11)3/h9-12,17H,7-8H2,1-6H3,(H,16,18)/t10-,11-,12?/m0/s1. The SMILES string of the molecule is CC(C)CC(N[C@H]1CC(=O)N[C@H]1C)C(=O)OC(C)(C)C. The third-order valence-corrected chi connectivity index (χ3v) is 3.21. The highest BCUT2D eigenvalue weighted by Gasteiger charge is 2.34. The van der Waals surface area contributed by atoms with Crippen molar-refractivity contribution in [1.29, 1.82) is 0 Å². The lowest BCUT2D eigenvalue weighted by molar-refractivity contribution is -0.158. The van der Waals surface area contributed by atoms with E-state index >= 15 is 0 Å². The zero-order chi connectivity index (χ0) is 15.5. The number of carbonyl (C=O) groups is 2. The van der Waals surface area contributed by atoms with Crippen molar-refractivity contribution in [2.75, 3.05) is 0 Å². The second-order valence-electron chi connectivity index (χ2n) is 7.05. The average molecular weight is 284 g/mol. The first-order valence-electron chi connectivity index (χ1n) is 7.36. The molecule has 0 aromatic carbocycles. The Kier molecular flexibility index (Phi) is 5.57. The van der Waals surface area contributed by atoms with Crippen LogP contribution >= 0.6 is 0 Å². The Bertz CT molecular complexity index is 361. The molecular formula is C15H28N2O3. The summed E-state index contributed by atoms with van der Waals surface area (Å²) in [6, 6.07) is -0.340. The summed E-state index contributed by atoms with van der Waals surface area (Å²) in [4.78, 5) is 23.7.